The van der Waals surface area contributed by atoms with E-state index in [-0.39, 0.29) is 5.54 Å². The Kier molecular flexibility index (Phi) is 3.85. The quantitative estimate of drug-likeness (QED) is 0.890. The van der Waals surface area contributed by atoms with Gasteiger partial charge >= 0.3 is 0 Å². The van der Waals surface area contributed by atoms with Gasteiger partial charge in [0.25, 0.3) is 0 Å². The Balaban J connectivity index is 2.01. The second-order valence-corrected chi connectivity index (χ2v) is 6.31. The summed E-state index contributed by atoms with van der Waals surface area (Å²) in [6.07, 6.45) is 4.98. The molecule has 1 aliphatic heterocycles. The zero-order valence-electron chi connectivity index (χ0n) is 11.9. The van der Waals surface area contributed by atoms with E-state index in [9.17, 15) is 0 Å². The van der Waals surface area contributed by atoms with E-state index in [0.717, 1.165) is 37.1 Å². The molecule has 1 atom stereocenters. The third kappa shape index (κ3) is 3.67. The highest BCUT2D eigenvalue weighted by Gasteiger charge is 2.20. The van der Waals surface area contributed by atoms with E-state index in [0.29, 0.717) is 0 Å². The molecule has 1 fully saturated rings. The third-order valence-corrected chi connectivity index (χ3v) is 3.22. The van der Waals surface area contributed by atoms with Crippen LogP contribution in [-0.4, -0.2) is 28.6 Å². The molecule has 0 aromatic carbocycles. The fraction of sp³-hybridized carbons (Fsp3) is 0.714. The number of rotatable bonds is 3. The Hall–Kier alpha value is -1.16. The van der Waals surface area contributed by atoms with Gasteiger partial charge in [-0.15, -0.1) is 0 Å². The fourth-order valence-corrected chi connectivity index (χ4v) is 2.13. The SMILES string of the molecule is CC1CCN(c2cncc(CNC(C)(C)C)n2)C1. The Morgan fingerprint density at radius 1 is 1.39 bits per heavy atom. The maximum atomic E-state index is 4.69. The number of hydrogen-bond acceptors (Lipinski definition) is 4. The first-order chi connectivity index (χ1) is 8.44. The normalized spacial score (nSPS) is 20.4. The van der Waals surface area contributed by atoms with Gasteiger partial charge in [0.2, 0.25) is 0 Å². The maximum Gasteiger partial charge on any atom is 0.147 e. The van der Waals surface area contributed by atoms with Crippen molar-refractivity contribution in [2.75, 3.05) is 18.0 Å². The number of hydrogen-bond donors (Lipinski definition) is 1. The second kappa shape index (κ2) is 5.22. The van der Waals surface area contributed by atoms with E-state index >= 15 is 0 Å². The molecule has 0 amide bonds. The lowest BCUT2D eigenvalue weighted by Gasteiger charge is -2.21. The highest BCUT2D eigenvalue weighted by atomic mass is 15.2. The summed E-state index contributed by atoms with van der Waals surface area (Å²) in [6.45, 7) is 11.7. The molecule has 1 aromatic rings. The van der Waals surface area contributed by atoms with Crippen LogP contribution in [0.1, 0.15) is 39.8 Å². The topological polar surface area (TPSA) is 41.1 Å². The van der Waals surface area contributed by atoms with Crippen molar-refractivity contribution in [3.05, 3.63) is 18.1 Å². The predicted octanol–water partition coefficient (Wildman–Crippen LogP) is 2.21. The molecule has 1 aromatic heterocycles. The molecule has 1 unspecified atom stereocenters. The van der Waals surface area contributed by atoms with Gasteiger partial charge in [-0.1, -0.05) is 6.92 Å². The molecule has 2 rings (SSSR count). The summed E-state index contributed by atoms with van der Waals surface area (Å²) < 4.78 is 0. The van der Waals surface area contributed by atoms with Gasteiger partial charge in [-0.25, -0.2) is 4.98 Å². The second-order valence-electron chi connectivity index (χ2n) is 6.31. The summed E-state index contributed by atoms with van der Waals surface area (Å²) in [5.41, 5.74) is 1.13. The zero-order valence-corrected chi connectivity index (χ0v) is 11.9. The molecule has 0 bridgehead atoms. The van der Waals surface area contributed by atoms with Crippen LogP contribution in [0.3, 0.4) is 0 Å². The Morgan fingerprint density at radius 3 is 2.78 bits per heavy atom. The smallest absolute Gasteiger partial charge is 0.147 e. The lowest BCUT2D eigenvalue weighted by molar-refractivity contribution is 0.421. The van der Waals surface area contributed by atoms with Crippen LogP contribution >= 0.6 is 0 Å². The number of nitrogens with zero attached hydrogens (tertiary/aromatic N) is 3. The Morgan fingerprint density at radius 2 is 2.17 bits per heavy atom. The zero-order chi connectivity index (χ0) is 13.2. The van der Waals surface area contributed by atoms with Gasteiger partial charge < -0.3 is 10.2 Å². The summed E-state index contributed by atoms with van der Waals surface area (Å²) >= 11 is 0. The van der Waals surface area contributed by atoms with Crippen molar-refractivity contribution in [3.63, 3.8) is 0 Å². The Bertz CT molecular complexity index is 397. The number of nitrogens with one attached hydrogen (secondary N) is 1. The summed E-state index contributed by atoms with van der Waals surface area (Å²) in [4.78, 5) is 11.3. The summed E-state index contributed by atoms with van der Waals surface area (Å²) in [6, 6.07) is 0. The molecular formula is C14H24N4. The van der Waals surface area contributed by atoms with E-state index in [4.69, 9.17) is 4.98 Å². The largest absolute Gasteiger partial charge is 0.355 e. The standard InChI is InChI=1S/C14H24N4/c1-11-5-6-18(10-11)13-9-15-7-12(17-13)8-16-14(2,3)4/h7,9,11,16H,5-6,8,10H2,1-4H3. The van der Waals surface area contributed by atoms with Gasteiger partial charge in [-0.2, -0.15) is 0 Å². The first kappa shape index (κ1) is 13.3. The van der Waals surface area contributed by atoms with Crippen molar-refractivity contribution in [1.29, 1.82) is 0 Å². The number of anilines is 1. The summed E-state index contributed by atoms with van der Waals surface area (Å²) in [5, 5.41) is 3.44. The number of aromatic nitrogens is 2. The molecule has 0 saturated carbocycles. The first-order valence-corrected chi connectivity index (χ1v) is 6.75. The van der Waals surface area contributed by atoms with Gasteiger partial charge in [-0.05, 0) is 33.1 Å². The van der Waals surface area contributed by atoms with Crippen molar-refractivity contribution < 1.29 is 0 Å². The van der Waals surface area contributed by atoms with E-state index in [1.807, 2.05) is 12.4 Å². The molecule has 0 spiro atoms. The van der Waals surface area contributed by atoms with Gasteiger partial charge in [0.1, 0.15) is 5.82 Å². The molecule has 100 valence electrons. The highest BCUT2D eigenvalue weighted by molar-refractivity contribution is 5.37. The van der Waals surface area contributed by atoms with E-state index in [1.165, 1.54) is 6.42 Å². The summed E-state index contributed by atoms with van der Waals surface area (Å²) in [5.74, 6) is 1.79. The molecule has 1 aliphatic rings. The highest BCUT2D eigenvalue weighted by Crippen LogP contribution is 2.21. The van der Waals surface area contributed by atoms with Gasteiger partial charge in [0.05, 0.1) is 11.9 Å². The lowest BCUT2D eigenvalue weighted by atomic mass is 10.1. The van der Waals surface area contributed by atoms with E-state index in [2.05, 4.69) is 42.9 Å². The average molecular weight is 248 g/mol. The van der Waals surface area contributed by atoms with Crippen molar-refractivity contribution in [2.24, 2.45) is 5.92 Å². The van der Waals surface area contributed by atoms with Crippen LogP contribution in [-0.2, 0) is 6.54 Å². The molecule has 0 radical (unpaired) electrons. The van der Waals surface area contributed by atoms with Crippen LogP contribution in [0, 0.1) is 5.92 Å². The molecule has 1 saturated heterocycles. The molecular weight excluding hydrogens is 224 g/mol. The van der Waals surface area contributed by atoms with Crippen LogP contribution in [0.2, 0.25) is 0 Å². The minimum Gasteiger partial charge on any atom is -0.355 e. The Labute approximate surface area is 110 Å². The monoisotopic (exact) mass is 248 g/mol. The molecule has 1 N–H and O–H groups in total. The minimum atomic E-state index is 0.111. The lowest BCUT2D eigenvalue weighted by Crippen LogP contribution is -2.35. The van der Waals surface area contributed by atoms with Gasteiger partial charge in [-0.3, -0.25) is 4.98 Å². The van der Waals surface area contributed by atoms with Crippen LogP contribution < -0.4 is 10.2 Å². The van der Waals surface area contributed by atoms with Gasteiger partial charge in [0.15, 0.2) is 0 Å². The fourth-order valence-electron chi connectivity index (χ4n) is 2.13. The maximum absolute atomic E-state index is 4.69. The van der Waals surface area contributed by atoms with Crippen molar-refractivity contribution in [1.82, 2.24) is 15.3 Å². The molecule has 18 heavy (non-hydrogen) atoms. The molecule has 4 heteroatoms. The van der Waals surface area contributed by atoms with Gasteiger partial charge in [0, 0.05) is 31.4 Å². The van der Waals surface area contributed by atoms with Crippen LogP contribution in [0.5, 0.6) is 0 Å². The third-order valence-electron chi connectivity index (χ3n) is 3.22. The van der Waals surface area contributed by atoms with Crippen molar-refractivity contribution in [3.8, 4) is 0 Å². The molecule has 0 aliphatic carbocycles. The van der Waals surface area contributed by atoms with E-state index < -0.39 is 0 Å². The van der Waals surface area contributed by atoms with Crippen LogP contribution in [0.25, 0.3) is 0 Å². The molecule has 2 heterocycles. The average Bonchev–Trinajstić information content (AvgIpc) is 2.73. The van der Waals surface area contributed by atoms with E-state index in [1.54, 1.807) is 0 Å². The first-order valence-electron chi connectivity index (χ1n) is 6.75. The summed E-state index contributed by atoms with van der Waals surface area (Å²) in [7, 11) is 0. The minimum absolute atomic E-state index is 0.111. The molecule has 4 nitrogen and oxygen atoms in total. The van der Waals surface area contributed by atoms with Crippen LogP contribution in [0.4, 0.5) is 5.82 Å². The van der Waals surface area contributed by atoms with Crippen molar-refractivity contribution in [2.45, 2.75) is 46.2 Å². The van der Waals surface area contributed by atoms with Crippen molar-refractivity contribution >= 4 is 5.82 Å². The van der Waals surface area contributed by atoms with Crippen LogP contribution in [0.15, 0.2) is 12.4 Å². The predicted molar refractivity (Wildman–Crippen MR) is 74.6 cm³/mol.